The van der Waals surface area contributed by atoms with Gasteiger partial charge in [0.05, 0.1) is 11.8 Å². The number of aliphatic carboxylic acids is 2. The Morgan fingerprint density at radius 1 is 1.08 bits per heavy atom. The summed E-state index contributed by atoms with van der Waals surface area (Å²) >= 11 is 0. The highest BCUT2D eigenvalue weighted by Crippen LogP contribution is 2.29. The molecule has 1 heterocycles. The average Bonchev–Trinajstić information content (AvgIpc) is 3.04. The molecule has 0 spiro atoms. The first kappa shape index (κ1) is 17.2. The molecular weight excluding hydrogens is 340 g/mol. The molecule has 0 fully saturated rings. The van der Waals surface area contributed by atoms with Crippen LogP contribution in [0.2, 0.25) is 0 Å². The van der Waals surface area contributed by atoms with Crippen molar-refractivity contribution in [3.05, 3.63) is 54.1 Å². The molecule has 0 radical (unpaired) electrons. The van der Waals surface area contributed by atoms with Crippen molar-refractivity contribution in [3.8, 4) is 11.3 Å². The number of aromatic nitrogens is 1. The van der Waals surface area contributed by atoms with E-state index in [9.17, 15) is 14.4 Å². The van der Waals surface area contributed by atoms with E-state index in [0.717, 1.165) is 5.56 Å². The molecule has 132 valence electrons. The first-order valence-electron chi connectivity index (χ1n) is 7.66. The minimum Gasteiger partial charge on any atom is -0.481 e. The van der Waals surface area contributed by atoms with Crippen LogP contribution in [0.4, 0.5) is 0 Å². The second-order valence-corrected chi connectivity index (χ2v) is 5.57. The zero-order valence-corrected chi connectivity index (χ0v) is 13.4. The van der Waals surface area contributed by atoms with Gasteiger partial charge in [0.25, 0.3) is 5.91 Å². The van der Waals surface area contributed by atoms with E-state index in [-0.39, 0.29) is 5.56 Å². The molecule has 0 bridgehead atoms. The van der Waals surface area contributed by atoms with Crippen LogP contribution in [0.1, 0.15) is 16.8 Å². The minimum atomic E-state index is -1.52. The Bertz CT molecular complexity index is 980. The maximum Gasteiger partial charge on any atom is 0.326 e. The van der Waals surface area contributed by atoms with E-state index in [1.165, 1.54) is 12.1 Å². The molecule has 0 aliphatic carbocycles. The summed E-state index contributed by atoms with van der Waals surface area (Å²) in [5, 5.41) is 24.6. The van der Waals surface area contributed by atoms with Crippen LogP contribution in [0.5, 0.6) is 0 Å². The van der Waals surface area contributed by atoms with Crippen LogP contribution in [0, 0.1) is 0 Å². The molecule has 1 aromatic heterocycles. The van der Waals surface area contributed by atoms with E-state index < -0.39 is 30.3 Å². The Labute approximate surface area is 147 Å². The average molecular weight is 354 g/mol. The maximum absolute atomic E-state index is 12.3. The third-order valence-electron chi connectivity index (χ3n) is 3.76. The van der Waals surface area contributed by atoms with Crippen LogP contribution in [0.15, 0.2) is 53.1 Å². The van der Waals surface area contributed by atoms with E-state index in [2.05, 4.69) is 10.5 Å². The SMILES string of the molecule is O=C(O)C[C@@H](NC(=O)c1ccc2noc(-c3ccccc3)c2c1)C(=O)O. The molecule has 0 saturated carbocycles. The van der Waals surface area contributed by atoms with E-state index in [1.807, 2.05) is 30.3 Å². The van der Waals surface area contributed by atoms with Crippen molar-refractivity contribution >= 4 is 28.7 Å². The van der Waals surface area contributed by atoms with Crippen LogP contribution >= 0.6 is 0 Å². The van der Waals surface area contributed by atoms with Gasteiger partial charge in [-0.25, -0.2) is 4.79 Å². The lowest BCUT2D eigenvalue weighted by Crippen LogP contribution is -2.42. The first-order chi connectivity index (χ1) is 12.5. The largest absolute Gasteiger partial charge is 0.481 e. The first-order valence-corrected chi connectivity index (χ1v) is 7.66. The van der Waals surface area contributed by atoms with Crippen molar-refractivity contribution in [2.24, 2.45) is 0 Å². The van der Waals surface area contributed by atoms with E-state index in [4.69, 9.17) is 14.7 Å². The number of rotatable bonds is 6. The van der Waals surface area contributed by atoms with Gasteiger partial charge < -0.3 is 20.1 Å². The molecule has 2 aromatic carbocycles. The van der Waals surface area contributed by atoms with E-state index in [0.29, 0.717) is 16.7 Å². The zero-order valence-electron chi connectivity index (χ0n) is 13.4. The Balaban J connectivity index is 1.92. The van der Waals surface area contributed by atoms with Gasteiger partial charge in [0.2, 0.25) is 0 Å². The van der Waals surface area contributed by atoms with Gasteiger partial charge in [0.15, 0.2) is 5.76 Å². The number of hydrogen-bond donors (Lipinski definition) is 3. The Hall–Kier alpha value is -3.68. The van der Waals surface area contributed by atoms with Crippen LogP contribution in [0.25, 0.3) is 22.2 Å². The highest BCUT2D eigenvalue weighted by atomic mass is 16.5. The lowest BCUT2D eigenvalue weighted by Gasteiger charge is -2.12. The molecule has 0 unspecified atom stereocenters. The molecule has 1 amide bonds. The highest BCUT2D eigenvalue weighted by molar-refractivity contribution is 6.02. The number of hydrogen-bond acceptors (Lipinski definition) is 5. The molecule has 0 aliphatic heterocycles. The van der Waals surface area contributed by atoms with Gasteiger partial charge in [0, 0.05) is 11.1 Å². The van der Waals surface area contributed by atoms with Crippen LogP contribution < -0.4 is 5.32 Å². The van der Waals surface area contributed by atoms with Gasteiger partial charge in [0.1, 0.15) is 11.6 Å². The molecule has 1 atom stereocenters. The van der Waals surface area contributed by atoms with Crippen molar-refractivity contribution < 1.29 is 29.1 Å². The molecule has 0 saturated heterocycles. The van der Waals surface area contributed by atoms with E-state index >= 15 is 0 Å². The van der Waals surface area contributed by atoms with Crippen molar-refractivity contribution in [3.63, 3.8) is 0 Å². The van der Waals surface area contributed by atoms with Gasteiger partial charge >= 0.3 is 11.9 Å². The van der Waals surface area contributed by atoms with Crippen LogP contribution in [-0.2, 0) is 9.59 Å². The van der Waals surface area contributed by atoms with Gasteiger partial charge in [-0.15, -0.1) is 0 Å². The highest BCUT2D eigenvalue weighted by Gasteiger charge is 2.24. The smallest absolute Gasteiger partial charge is 0.326 e. The minimum absolute atomic E-state index is 0.175. The number of carboxylic acid groups (broad SMARTS) is 2. The molecule has 0 aliphatic rings. The molecule has 26 heavy (non-hydrogen) atoms. The fraction of sp³-hybridized carbons (Fsp3) is 0.111. The summed E-state index contributed by atoms with van der Waals surface area (Å²) in [7, 11) is 0. The second-order valence-electron chi connectivity index (χ2n) is 5.57. The van der Waals surface area contributed by atoms with Crippen molar-refractivity contribution in [2.45, 2.75) is 12.5 Å². The number of carboxylic acids is 2. The second kappa shape index (κ2) is 7.06. The summed E-state index contributed by atoms with van der Waals surface area (Å²) in [6, 6.07) is 12.2. The Morgan fingerprint density at radius 2 is 1.81 bits per heavy atom. The fourth-order valence-corrected chi connectivity index (χ4v) is 2.50. The number of carbonyl (C=O) groups is 3. The van der Waals surface area contributed by atoms with Crippen molar-refractivity contribution in [2.75, 3.05) is 0 Å². The van der Waals surface area contributed by atoms with Crippen LogP contribution in [0.3, 0.4) is 0 Å². The molecule has 3 aromatic rings. The summed E-state index contributed by atoms with van der Waals surface area (Å²) in [6.45, 7) is 0. The maximum atomic E-state index is 12.3. The van der Waals surface area contributed by atoms with Gasteiger partial charge in [-0.1, -0.05) is 35.5 Å². The predicted molar refractivity (Wildman–Crippen MR) is 90.6 cm³/mol. The Morgan fingerprint density at radius 3 is 2.46 bits per heavy atom. The number of nitrogens with one attached hydrogen (secondary N) is 1. The number of carbonyl (C=O) groups excluding carboxylic acids is 1. The third-order valence-corrected chi connectivity index (χ3v) is 3.76. The number of fused-ring (bicyclic) bond motifs is 1. The van der Waals surface area contributed by atoms with Crippen LogP contribution in [-0.4, -0.2) is 39.3 Å². The van der Waals surface area contributed by atoms with Crippen molar-refractivity contribution in [1.82, 2.24) is 10.5 Å². The zero-order chi connectivity index (χ0) is 18.7. The van der Waals surface area contributed by atoms with Gasteiger partial charge in [-0.2, -0.15) is 0 Å². The number of nitrogens with zero attached hydrogens (tertiary/aromatic N) is 1. The lowest BCUT2D eigenvalue weighted by atomic mass is 10.1. The molecular formula is C18H14N2O6. The summed E-state index contributed by atoms with van der Waals surface area (Å²) in [4.78, 5) is 34.2. The summed E-state index contributed by atoms with van der Waals surface area (Å²) in [6.07, 6.45) is -0.716. The van der Waals surface area contributed by atoms with Gasteiger partial charge in [-0.05, 0) is 18.2 Å². The standard InChI is InChI=1S/C18H14N2O6/c21-15(22)9-14(18(24)25)19-17(23)11-6-7-13-12(8-11)16(26-20-13)10-4-2-1-3-5-10/h1-8,14H,9H2,(H,19,23)(H,21,22)(H,24,25)/t14-/m1/s1. The molecule has 8 heteroatoms. The quantitative estimate of drug-likeness (QED) is 0.618. The fourth-order valence-electron chi connectivity index (χ4n) is 2.50. The topological polar surface area (TPSA) is 130 Å². The molecule has 8 nitrogen and oxygen atoms in total. The number of amides is 1. The van der Waals surface area contributed by atoms with Crippen molar-refractivity contribution in [1.29, 1.82) is 0 Å². The summed E-state index contributed by atoms with van der Waals surface area (Å²) in [5.41, 5.74) is 1.50. The monoisotopic (exact) mass is 354 g/mol. The number of benzene rings is 2. The molecule has 3 rings (SSSR count). The summed E-state index contributed by atoms with van der Waals surface area (Å²) < 4.78 is 5.35. The van der Waals surface area contributed by atoms with E-state index in [1.54, 1.807) is 6.07 Å². The lowest BCUT2D eigenvalue weighted by molar-refractivity contribution is -0.145. The molecule has 3 N–H and O–H groups in total. The van der Waals surface area contributed by atoms with Gasteiger partial charge in [-0.3, -0.25) is 9.59 Å². The predicted octanol–water partition coefficient (Wildman–Crippen LogP) is 2.15. The normalized spacial score (nSPS) is 11.8. The third kappa shape index (κ3) is 3.54. The Kier molecular flexibility index (Phi) is 4.66. The summed E-state index contributed by atoms with van der Waals surface area (Å²) in [5.74, 6) is -2.95.